The number of amides is 3. The molecule has 3 rings (SSSR count). The van der Waals surface area contributed by atoms with Gasteiger partial charge in [0.25, 0.3) is 5.91 Å². The summed E-state index contributed by atoms with van der Waals surface area (Å²) >= 11 is 0. The number of urea groups is 1. The fourth-order valence-corrected chi connectivity index (χ4v) is 2.33. The van der Waals surface area contributed by atoms with Crippen LogP contribution in [0.25, 0.3) is 0 Å². The smallest absolute Gasteiger partial charge is 0.334 e. The van der Waals surface area contributed by atoms with E-state index in [-0.39, 0.29) is 11.9 Å². The van der Waals surface area contributed by atoms with Crippen LogP contribution in [0.2, 0.25) is 0 Å². The summed E-state index contributed by atoms with van der Waals surface area (Å²) < 4.78 is 1.97. The molecule has 8 heteroatoms. The number of hydrazine groups is 1. The molecule has 3 amide bonds. The number of carbonyl (C=O) groups is 2. The summed E-state index contributed by atoms with van der Waals surface area (Å²) in [4.78, 5) is 32.9. The molecule has 2 aliphatic rings. The maximum absolute atomic E-state index is 12.0. The normalized spacial score (nSPS) is 18.1. The van der Waals surface area contributed by atoms with Crippen LogP contribution < -0.4 is 5.43 Å². The Kier molecular flexibility index (Phi) is 2.86. The number of fused-ring (bicyclic) bond motifs is 1. The number of carbonyl (C=O) groups excluding carboxylic acids is 2. The molecule has 1 saturated heterocycles. The molecule has 0 spiro atoms. The summed E-state index contributed by atoms with van der Waals surface area (Å²) in [5.41, 5.74) is 2.89. The van der Waals surface area contributed by atoms with E-state index in [2.05, 4.69) is 10.4 Å². The summed E-state index contributed by atoms with van der Waals surface area (Å²) in [6.07, 6.45) is 3.69. The van der Waals surface area contributed by atoms with Gasteiger partial charge in [-0.15, -0.1) is 0 Å². The maximum atomic E-state index is 12.0. The zero-order valence-electron chi connectivity index (χ0n) is 10.6. The Balaban J connectivity index is 1.66. The molecule has 3 heterocycles. The predicted octanol–water partition coefficient (Wildman–Crippen LogP) is -0.227. The Morgan fingerprint density at radius 3 is 2.95 bits per heavy atom. The molecule has 1 aromatic rings. The molecule has 0 bridgehead atoms. The van der Waals surface area contributed by atoms with Crippen molar-refractivity contribution in [3.8, 4) is 0 Å². The average molecular weight is 265 g/mol. The zero-order chi connectivity index (χ0) is 13.4. The molecular weight excluding hydrogens is 250 g/mol. The van der Waals surface area contributed by atoms with Gasteiger partial charge in [-0.2, -0.15) is 0 Å². The van der Waals surface area contributed by atoms with E-state index in [0.717, 1.165) is 25.2 Å². The lowest BCUT2D eigenvalue weighted by atomic mass is 10.3. The minimum absolute atomic E-state index is 0.346. The van der Waals surface area contributed by atoms with Crippen LogP contribution in [0.3, 0.4) is 0 Å². The van der Waals surface area contributed by atoms with Crippen molar-refractivity contribution in [3.63, 3.8) is 0 Å². The van der Waals surface area contributed by atoms with Gasteiger partial charge in [-0.25, -0.2) is 19.9 Å². The second-order valence-corrected chi connectivity index (χ2v) is 4.50. The Morgan fingerprint density at radius 2 is 2.26 bits per heavy atom. The molecule has 1 fully saturated rings. The minimum Gasteiger partial charge on any atom is -0.334 e. The lowest BCUT2D eigenvalue weighted by Gasteiger charge is -2.16. The van der Waals surface area contributed by atoms with Gasteiger partial charge in [0.2, 0.25) is 0 Å². The third-order valence-electron chi connectivity index (χ3n) is 3.32. The third kappa shape index (κ3) is 2.03. The fraction of sp³-hybridized carbons (Fsp3) is 0.545. The molecular formula is C11H15N5O3. The van der Waals surface area contributed by atoms with Crippen LogP contribution in [0.1, 0.15) is 22.7 Å². The average Bonchev–Trinajstić information content (AvgIpc) is 3.04. The minimum atomic E-state index is -0.373. The highest BCUT2D eigenvalue weighted by atomic mass is 16.7. The lowest BCUT2D eigenvalue weighted by Crippen LogP contribution is -2.44. The van der Waals surface area contributed by atoms with Crippen molar-refractivity contribution < 1.29 is 14.4 Å². The fourth-order valence-electron chi connectivity index (χ4n) is 2.33. The Hall–Kier alpha value is -2.09. The first-order valence-electron chi connectivity index (χ1n) is 6.19. The SMILES string of the molecule is CON1CCN(NC(=O)c2cn3c(n2)CCC3)C1=O. The number of aromatic nitrogens is 2. The van der Waals surface area contributed by atoms with Gasteiger partial charge in [0.05, 0.1) is 20.2 Å². The number of nitrogens with zero attached hydrogens (tertiary/aromatic N) is 4. The third-order valence-corrected chi connectivity index (χ3v) is 3.32. The number of aryl methyl sites for hydroxylation is 2. The van der Waals surface area contributed by atoms with Crippen LogP contribution in [0, 0.1) is 0 Å². The van der Waals surface area contributed by atoms with Gasteiger partial charge < -0.3 is 4.57 Å². The Bertz CT molecular complexity index is 505. The van der Waals surface area contributed by atoms with Crippen molar-refractivity contribution in [2.75, 3.05) is 20.2 Å². The quantitative estimate of drug-likeness (QED) is 0.819. The zero-order valence-corrected chi connectivity index (χ0v) is 10.6. The van der Waals surface area contributed by atoms with Crippen LogP contribution >= 0.6 is 0 Å². The molecule has 0 aromatic carbocycles. The number of imidazole rings is 1. The van der Waals surface area contributed by atoms with E-state index >= 15 is 0 Å². The number of hydroxylamine groups is 2. The van der Waals surface area contributed by atoms with Crippen molar-refractivity contribution in [3.05, 3.63) is 17.7 Å². The lowest BCUT2D eigenvalue weighted by molar-refractivity contribution is -0.0729. The van der Waals surface area contributed by atoms with E-state index in [0.29, 0.717) is 18.8 Å². The first-order chi connectivity index (χ1) is 9.19. The van der Waals surface area contributed by atoms with Crippen LogP contribution in [0.4, 0.5) is 4.79 Å². The van der Waals surface area contributed by atoms with Crippen molar-refractivity contribution in [2.24, 2.45) is 0 Å². The number of hydrogen-bond donors (Lipinski definition) is 1. The highest BCUT2D eigenvalue weighted by molar-refractivity contribution is 5.93. The van der Waals surface area contributed by atoms with E-state index < -0.39 is 0 Å². The number of rotatable bonds is 3. The van der Waals surface area contributed by atoms with Gasteiger partial charge in [0.1, 0.15) is 11.5 Å². The van der Waals surface area contributed by atoms with Crippen molar-refractivity contribution in [1.29, 1.82) is 0 Å². The topological polar surface area (TPSA) is 79.7 Å². The molecule has 0 saturated carbocycles. The van der Waals surface area contributed by atoms with E-state index in [9.17, 15) is 9.59 Å². The van der Waals surface area contributed by atoms with E-state index in [1.165, 1.54) is 17.2 Å². The van der Waals surface area contributed by atoms with E-state index in [1.54, 1.807) is 6.20 Å². The van der Waals surface area contributed by atoms with Gasteiger partial charge in [-0.3, -0.25) is 15.1 Å². The van der Waals surface area contributed by atoms with Gasteiger partial charge in [-0.1, -0.05) is 0 Å². The second kappa shape index (κ2) is 4.54. The summed E-state index contributed by atoms with van der Waals surface area (Å²) in [6, 6.07) is -0.373. The number of hydrogen-bond acceptors (Lipinski definition) is 4. The molecule has 2 aliphatic heterocycles. The standard InChI is InChI=1S/C11H15N5O3/c1-19-16-6-5-15(11(16)18)13-10(17)8-7-14-4-2-3-9(14)12-8/h7H,2-6H2,1H3,(H,13,17). The second-order valence-electron chi connectivity index (χ2n) is 4.50. The monoisotopic (exact) mass is 265 g/mol. The Labute approximate surface area is 109 Å². The summed E-state index contributed by atoms with van der Waals surface area (Å²) in [5.74, 6) is 0.560. The molecule has 19 heavy (non-hydrogen) atoms. The van der Waals surface area contributed by atoms with Crippen LogP contribution in [-0.2, 0) is 17.8 Å². The number of nitrogens with one attached hydrogen (secondary N) is 1. The molecule has 0 radical (unpaired) electrons. The predicted molar refractivity (Wildman–Crippen MR) is 63.8 cm³/mol. The van der Waals surface area contributed by atoms with Gasteiger partial charge >= 0.3 is 6.03 Å². The highest BCUT2D eigenvalue weighted by Gasteiger charge is 2.31. The summed E-state index contributed by atoms with van der Waals surface area (Å²) in [5, 5.41) is 2.42. The van der Waals surface area contributed by atoms with E-state index in [4.69, 9.17) is 4.84 Å². The molecule has 8 nitrogen and oxygen atoms in total. The molecule has 1 N–H and O–H groups in total. The largest absolute Gasteiger partial charge is 0.362 e. The molecule has 0 aliphatic carbocycles. The van der Waals surface area contributed by atoms with E-state index in [1.807, 2.05) is 4.57 Å². The molecule has 1 aromatic heterocycles. The van der Waals surface area contributed by atoms with Crippen molar-refractivity contribution >= 4 is 11.9 Å². The summed E-state index contributed by atoms with van der Waals surface area (Å²) in [6.45, 7) is 1.72. The van der Waals surface area contributed by atoms with Crippen LogP contribution in [0.5, 0.6) is 0 Å². The van der Waals surface area contributed by atoms with Gasteiger partial charge in [-0.05, 0) is 6.42 Å². The molecule has 0 unspecified atom stereocenters. The molecule has 102 valence electrons. The molecule has 0 atom stereocenters. The van der Waals surface area contributed by atoms with Crippen LogP contribution in [0.15, 0.2) is 6.20 Å². The summed E-state index contributed by atoms with van der Waals surface area (Å²) in [7, 11) is 1.42. The van der Waals surface area contributed by atoms with Crippen molar-refractivity contribution in [1.82, 2.24) is 25.0 Å². The van der Waals surface area contributed by atoms with Crippen molar-refractivity contribution in [2.45, 2.75) is 19.4 Å². The Morgan fingerprint density at radius 1 is 1.42 bits per heavy atom. The van der Waals surface area contributed by atoms with Crippen LogP contribution in [-0.4, -0.2) is 51.8 Å². The first-order valence-corrected chi connectivity index (χ1v) is 6.19. The van der Waals surface area contributed by atoms with Gasteiger partial charge in [0.15, 0.2) is 0 Å². The van der Waals surface area contributed by atoms with Gasteiger partial charge in [0, 0.05) is 19.2 Å². The highest BCUT2D eigenvalue weighted by Crippen LogP contribution is 2.14. The first kappa shape index (κ1) is 12.0. The maximum Gasteiger partial charge on any atom is 0.362 e.